The minimum absolute atomic E-state index is 0.169. The maximum atomic E-state index is 9.61. The second kappa shape index (κ2) is 6.59. The van der Waals surface area contributed by atoms with Crippen LogP contribution in [0.25, 0.3) is 0 Å². The molecule has 0 atom stereocenters. The largest absolute Gasteiger partial charge is 0.393 e. The molecule has 0 aliphatic carbocycles. The highest BCUT2D eigenvalue weighted by molar-refractivity contribution is 7.99. The Morgan fingerprint density at radius 1 is 1.47 bits per heavy atom. The number of rotatable bonds is 4. The zero-order valence-electron chi connectivity index (χ0n) is 11.1. The molecule has 3 nitrogen and oxygen atoms in total. The molecule has 1 aliphatic heterocycles. The number of hydrogen-bond acceptors (Lipinski definition) is 4. The van der Waals surface area contributed by atoms with E-state index in [9.17, 15) is 5.11 Å². The molecule has 0 aromatic heterocycles. The van der Waals surface area contributed by atoms with Crippen LogP contribution in [-0.4, -0.2) is 35.0 Å². The number of hydrogen-bond donors (Lipinski definition) is 2. The van der Waals surface area contributed by atoms with E-state index >= 15 is 0 Å². The molecule has 5 heteroatoms. The zero-order chi connectivity index (χ0) is 13.8. The zero-order valence-corrected chi connectivity index (χ0v) is 12.8. The molecule has 1 aromatic rings. The van der Waals surface area contributed by atoms with Gasteiger partial charge in [-0.3, -0.25) is 0 Å². The van der Waals surface area contributed by atoms with Crippen LogP contribution >= 0.6 is 24.0 Å². The Hall–Kier alpha value is -0.780. The van der Waals surface area contributed by atoms with Crippen molar-refractivity contribution in [2.75, 3.05) is 23.7 Å². The summed E-state index contributed by atoms with van der Waals surface area (Å²) in [5, 5.41) is 9.61. The topological polar surface area (TPSA) is 49.5 Å². The lowest BCUT2D eigenvalue weighted by atomic mass is 10.0. The van der Waals surface area contributed by atoms with E-state index in [-0.39, 0.29) is 6.10 Å². The van der Waals surface area contributed by atoms with Gasteiger partial charge in [0, 0.05) is 29.2 Å². The highest BCUT2D eigenvalue weighted by Crippen LogP contribution is 2.32. The van der Waals surface area contributed by atoms with E-state index in [1.807, 2.05) is 0 Å². The molecule has 104 valence electrons. The number of aliphatic hydroxyl groups is 1. The van der Waals surface area contributed by atoms with Crippen LogP contribution in [-0.2, 0) is 0 Å². The minimum atomic E-state index is -0.169. The first kappa shape index (κ1) is 14.6. The summed E-state index contributed by atoms with van der Waals surface area (Å²) in [6.07, 6.45) is 1.45. The Labute approximate surface area is 124 Å². The number of anilines is 1. The number of thiocarbonyl (C=S) groups is 1. The van der Waals surface area contributed by atoms with Crippen LogP contribution < -0.4 is 10.6 Å². The minimum Gasteiger partial charge on any atom is -0.393 e. The fourth-order valence-corrected chi connectivity index (χ4v) is 3.54. The SMILES string of the molecule is CCSc1cccc(N2CCC(O)CC2)c1C(N)=S. The number of piperidine rings is 1. The van der Waals surface area contributed by atoms with Gasteiger partial charge in [0.25, 0.3) is 0 Å². The molecule has 0 bridgehead atoms. The van der Waals surface area contributed by atoms with Crippen LogP contribution in [0.4, 0.5) is 5.69 Å². The van der Waals surface area contributed by atoms with Gasteiger partial charge < -0.3 is 15.7 Å². The van der Waals surface area contributed by atoms with Crippen molar-refractivity contribution in [3.05, 3.63) is 23.8 Å². The molecular weight excluding hydrogens is 276 g/mol. The lowest BCUT2D eigenvalue weighted by Crippen LogP contribution is -2.37. The third-order valence-corrected chi connectivity index (χ3v) is 4.50. The van der Waals surface area contributed by atoms with Gasteiger partial charge >= 0.3 is 0 Å². The monoisotopic (exact) mass is 296 g/mol. The molecule has 19 heavy (non-hydrogen) atoms. The van der Waals surface area contributed by atoms with Gasteiger partial charge in [-0.15, -0.1) is 11.8 Å². The standard InChI is InChI=1S/C14H20N2OS2/c1-2-19-12-5-3-4-11(13(12)14(15)18)16-8-6-10(17)7-9-16/h3-5,10,17H,2,6-9H2,1H3,(H2,15,18). The van der Waals surface area contributed by atoms with Gasteiger partial charge in [0.05, 0.1) is 6.10 Å². The van der Waals surface area contributed by atoms with Crippen molar-refractivity contribution in [3.8, 4) is 0 Å². The molecule has 1 fully saturated rings. The first-order valence-corrected chi connectivity index (χ1v) is 8.01. The van der Waals surface area contributed by atoms with Crippen molar-refractivity contribution < 1.29 is 5.11 Å². The predicted octanol–water partition coefficient (Wildman–Crippen LogP) is 2.39. The molecule has 0 amide bonds. The van der Waals surface area contributed by atoms with E-state index in [1.54, 1.807) is 11.8 Å². The van der Waals surface area contributed by atoms with Crippen molar-refractivity contribution in [1.29, 1.82) is 0 Å². The Morgan fingerprint density at radius 3 is 2.74 bits per heavy atom. The molecule has 1 aliphatic rings. The first-order valence-electron chi connectivity index (χ1n) is 6.62. The summed E-state index contributed by atoms with van der Waals surface area (Å²) in [5.41, 5.74) is 8.02. The molecular formula is C14H20N2OS2. The third kappa shape index (κ3) is 3.41. The number of nitrogens with zero attached hydrogens (tertiary/aromatic N) is 1. The number of thioether (sulfide) groups is 1. The molecule has 1 aromatic carbocycles. The molecule has 0 spiro atoms. The van der Waals surface area contributed by atoms with Crippen LogP contribution in [0.1, 0.15) is 25.3 Å². The van der Waals surface area contributed by atoms with Crippen LogP contribution in [0, 0.1) is 0 Å². The fraction of sp³-hybridized carbons (Fsp3) is 0.500. The van der Waals surface area contributed by atoms with E-state index in [0.29, 0.717) is 4.99 Å². The lowest BCUT2D eigenvalue weighted by Gasteiger charge is -2.33. The maximum absolute atomic E-state index is 9.61. The third-order valence-electron chi connectivity index (χ3n) is 3.36. The summed E-state index contributed by atoms with van der Waals surface area (Å²) < 4.78 is 0. The highest BCUT2D eigenvalue weighted by atomic mass is 32.2. The molecule has 0 saturated carbocycles. The smallest absolute Gasteiger partial charge is 0.107 e. The van der Waals surface area contributed by atoms with Gasteiger partial charge in [0.2, 0.25) is 0 Å². The van der Waals surface area contributed by atoms with Crippen molar-refractivity contribution in [2.45, 2.75) is 30.8 Å². The van der Waals surface area contributed by atoms with Gasteiger partial charge in [-0.2, -0.15) is 0 Å². The van der Waals surface area contributed by atoms with Gasteiger partial charge in [-0.1, -0.05) is 25.2 Å². The van der Waals surface area contributed by atoms with Crippen molar-refractivity contribution in [3.63, 3.8) is 0 Å². The van der Waals surface area contributed by atoms with Crippen LogP contribution in [0.3, 0.4) is 0 Å². The Bertz CT molecular complexity index is 457. The average Bonchev–Trinajstić information content (AvgIpc) is 2.39. The van der Waals surface area contributed by atoms with Crippen LogP contribution in [0.2, 0.25) is 0 Å². The number of aliphatic hydroxyl groups excluding tert-OH is 1. The van der Waals surface area contributed by atoms with Crippen molar-refractivity contribution in [1.82, 2.24) is 0 Å². The molecule has 0 radical (unpaired) electrons. The summed E-state index contributed by atoms with van der Waals surface area (Å²) >= 11 is 7.00. The molecule has 2 rings (SSSR count). The van der Waals surface area contributed by atoms with Gasteiger partial charge in [-0.25, -0.2) is 0 Å². The van der Waals surface area contributed by atoms with Gasteiger partial charge in [0.1, 0.15) is 4.99 Å². The molecule has 1 heterocycles. The average molecular weight is 296 g/mol. The van der Waals surface area contributed by atoms with Crippen molar-refractivity contribution in [2.24, 2.45) is 5.73 Å². The van der Waals surface area contributed by atoms with Crippen LogP contribution in [0.15, 0.2) is 23.1 Å². The molecule has 3 N–H and O–H groups in total. The van der Waals surface area contributed by atoms with Crippen molar-refractivity contribution >= 4 is 34.7 Å². The highest BCUT2D eigenvalue weighted by Gasteiger charge is 2.21. The van der Waals surface area contributed by atoms with Crippen LogP contribution in [0.5, 0.6) is 0 Å². The second-order valence-corrected chi connectivity index (χ2v) is 6.41. The summed E-state index contributed by atoms with van der Waals surface area (Å²) in [4.78, 5) is 3.89. The Balaban J connectivity index is 2.33. The van der Waals surface area contributed by atoms with Gasteiger partial charge in [-0.05, 0) is 30.7 Å². The normalized spacial score (nSPS) is 16.6. The van der Waals surface area contributed by atoms with Gasteiger partial charge in [0.15, 0.2) is 0 Å². The second-order valence-electron chi connectivity index (χ2n) is 4.67. The van der Waals surface area contributed by atoms with E-state index < -0.39 is 0 Å². The number of nitrogens with two attached hydrogens (primary N) is 1. The van der Waals surface area contributed by atoms with E-state index in [2.05, 4.69) is 30.0 Å². The summed E-state index contributed by atoms with van der Waals surface area (Å²) in [6.45, 7) is 3.84. The predicted molar refractivity (Wildman–Crippen MR) is 86.2 cm³/mol. The first-order chi connectivity index (χ1) is 9.13. The Morgan fingerprint density at radius 2 is 2.16 bits per heavy atom. The quantitative estimate of drug-likeness (QED) is 0.660. The van der Waals surface area contributed by atoms with E-state index in [1.165, 1.54) is 0 Å². The van der Waals surface area contributed by atoms with E-state index in [0.717, 1.165) is 47.8 Å². The number of benzene rings is 1. The lowest BCUT2D eigenvalue weighted by molar-refractivity contribution is 0.145. The van der Waals surface area contributed by atoms with E-state index in [4.69, 9.17) is 18.0 Å². The summed E-state index contributed by atoms with van der Waals surface area (Å²) in [5.74, 6) is 0.998. The molecule has 1 saturated heterocycles. The summed E-state index contributed by atoms with van der Waals surface area (Å²) in [7, 11) is 0. The maximum Gasteiger partial charge on any atom is 0.107 e. The summed E-state index contributed by atoms with van der Waals surface area (Å²) in [6, 6.07) is 6.21. The molecule has 0 unspecified atom stereocenters. The fourth-order valence-electron chi connectivity index (χ4n) is 2.41. The Kier molecular flexibility index (Phi) is 5.07.